The number of hydrogen-bond acceptors (Lipinski definition) is 5. The predicted molar refractivity (Wildman–Crippen MR) is 284 cm³/mol. The van der Waals surface area contributed by atoms with E-state index in [1.807, 2.05) is 0 Å². The summed E-state index contributed by atoms with van der Waals surface area (Å²) in [6.45, 7) is 4.17. The molecule has 0 heterocycles. The Morgan fingerprint density at radius 3 is 0.908 bits per heavy atom. The van der Waals surface area contributed by atoms with E-state index in [-0.39, 0.29) is 25.2 Å². The Morgan fingerprint density at radius 2 is 0.615 bits per heavy atom. The zero-order valence-corrected chi connectivity index (χ0v) is 44.0. The van der Waals surface area contributed by atoms with Crippen molar-refractivity contribution in [3.63, 3.8) is 0 Å². The number of carbonyl (C=O) groups excluding carboxylic acids is 2. The molecule has 1 unspecified atom stereocenters. The average Bonchev–Trinajstić information content (AvgIpc) is 3.31. The highest BCUT2D eigenvalue weighted by atomic mass is 16.6. The van der Waals surface area contributed by atoms with Gasteiger partial charge in [-0.05, 0) is 44.9 Å². The summed E-state index contributed by atoms with van der Waals surface area (Å²) in [4.78, 5) is 24.4. The normalized spacial score (nSPS) is 12.2. The summed E-state index contributed by atoms with van der Waals surface area (Å²) >= 11 is 0. The van der Waals surface area contributed by atoms with Gasteiger partial charge in [-0.1, -0.05) is 295 Å². The molecule has 1 atom stereocenters. The molecule has 0 saturated carbocycles. The van der Waals surface area contributed by atoms with Crippen molar-refractivity contribution < 1.29 is 24.2 Å². The molecule has 0 amide bonds. The Labute approximate surface area is 406 Å². The van der Waals surface area contributed by atoms with Gasteiger partial charge in [0.2, 0.25) is 0 Å². The smallest absolute Gasteiger partial charge is 0.306 e. The molecule has 0 radical (unpaired) electrons. The summed E-state index contributed by atoms with van der Waals surface area (Å²) < 4.78 is 10.7. The van der Waals surface area contributed by atoms with Crippen molar-refractivity contribution in [3.8, 4) is 0 Å². The molecule has 5 nitrogen and oxygen atoms in total. The molecule has 1 N–H and O–H groups in total. The molecule has 0 aromatic carbocycles. The lowest BCUT2D eigenvalue weighted by Crippen LogP contribution is -2.28. The van der Waals surface area contributed by atoms with Crippen LogP contribution in [-0.2, 0) is 19.1 Å². The molecule has 384 valence electrons. The van der Waals surface area contributed by atoms with Crippen molar-refractivity contribution in [2.24, 2.45) is 0 Å². The van der Waals surface area contributed by atoms with E-state index in [9.17, 15) is 14.7 Å². The van der Waals surface area contributed by atoms with Crippen molar-refractivity contribution in [2.75, 3.05) is 13.2 Å². The Kier molecular flexibility index (Phi) is 55.3. The quantitative estimate of drug-likeness (QED) is 0.0374. The standard InChI is InChI=1S/C60H114O5/c1-3-5-7-9-11-13-15-17-19-20-21-22-23-24-25-26-27-28-29-30-31-32-33-34-35-36-37-38-39-40-41-43-45-47-49-51-53-55-60(63)65-58(56-61)57-64-59(62)54-52-50-48-46-44-42-18-16-14-12-10-8-6-4-2/h15,17,20-21,58,61H,3-14,16,18-19,22-57H2,1-2H3/b17-15-,21-20-. The fourth-order valence-electron chi connectivity index (χ4n) is 9.06. The van der Waals surface area contributed by atoms with Crippen LogP contribution in [0.1, 0.15) is 328 Å². The molecule has 0 aliphatic heterocycles. The maximum absolute atomic E-state index is 12.3. The third-order valence-corrected chi connectivity index (χ3v) is 13.5. The van der Waals surface area contributed by atoms with Crippen LogP contribution in [0.5, 0.6) is 0 Å². The minimum absolute atomic E-state index is 0.0579. The predicted octanol–water partition coefficient (Wildman–Crippen LogP) is 19.7. The number of aliphatic hydroxyl groups excluding tert-OH is 1. The third-order valence-electron chi connectivity index (χ3n) is 13.5. The van der Waals surface area contributed by atoms with Gasteiger partial charge in [-0.3, -0.25) is 9.59 Å². The lowest BCUT2D eigenvalue weighted by Gasteiger charge is -2.15. The summed E-state index contributed by atoms with van der Waals surface area (Å²) in [5.41, 5.74) is 0. The third kappa shape index (κ3) is 54.9. The van der Waals surface area contributed by atoms with E-state index < -0.39 is 6.10 Å². The molecule has 0 fully saturated rings. The second kappa shape index (κ2) is 56.7. The Bertz CT molecular complexity index is 990. The maximum Gasteiger partial charge on any atom is 0.306 e. The van der Waals surface area contributed by atoms with Gasteiger partial charge in [-0.15, -0.1) is 0 Å². The van der Waals surface area contributed by atoms with E-state index in [2.05, 4.69) is 38.2 Å². The molecule has 0 spiro atoms. The molecule has 0 aliphatic rings. The van der Waals surface area contributed by atoms with E-state index in [4.69, 9.17) is 9.47 Å². The molecule has 65 heavy (non-hydrogen) atoms. The van der Waals surface area contributed by atoms with Gasteiger partial charge in [0.15, 0.2) is 6.10 Å². The molecule has 5 heteroatoms. The first-order valence-electron chi connectivity index (χ1n) is 29.4. The number of aliphatic hydroxyl groups is 1. The van der Waals surface area contributed by atoms with Gasteiger partial charge >= 0.3 is 11.9 Å². The van der Waals surface area contributed by atoms with Crippen LogP contribution in [0.25, 0.3) is 0 Å². The Hall–Kier alpha value is -1.62. The Morgan fingerprint density at radius 1 is 0.354 bits per heavy atom. The number of ether oxygens (including phenoxy) is 2. The average molecular weight is 916 g/mol. The van der Waals surface area contributed by atoms with Gasteiger partial charge < -0.3 is 14.6 Å². The molecular formula is C60H114O5. The largest absolute Gasteiger partial charge is 0.462 e. The number of esters is 2. The monoisotopic (exact) mass is 915 g/mol. The molecule has 0 saturated heterocycles. The summed E-state index contributed by atoms with van der Waals surface area (Å²) in [7, 11) is 0. The van der Waals surface area contributed by atoms with Crippen LogP contribution in [0.4, 0.5) is 0 Å². The fraction of sp³-hybridized carbons (Fsp3) is 0.900. The second-order valence-electron chi connectivity index (χ2n) is 20.1. The van der Waals surface area contributed by atoms with E-state index in [1.165, 1.54) is 263 Å². The highest BCUT2D eigenvalue weighted by molar-refractivity contribution is 5.70. The number of allylic oxidation sites excluding steroid dienone is 4. The molecule has 0 aromatic rings. The number of rotatable bonds is 55. The van der Waals surface area contributed by atoms with Crippen molar-refractivity contribution in [1.82, 2.24) is 0 Å². The van der Waals surface area contributed by atoms with Gasteiger partial charge in [-0.2, -0.15) is 0 Å². The summed E-state index contributed by atoms with van der Waals surface area (Å²) in [5, 5.41) is 9.63. The minimum atomic E-state index is -0.765. The highest BCUT2D eigenvalue weighted by Crippen LogP contribution is 2.18. The molecule has 0 aromatic heterocycles. The van der Waals surface area contributed by atoms with Crippen molar-refractivity contribution in [1.29, 1.82) is 0 Å². The van der Waals surface area contributed by atoms with E-state index >= 15 is 0 Å². The van der Waals surface area contributed by atoms with E-state index in [1.54, 1.807) is 0 Å². The van der Waals surface area contributed by atoms with Gasteiger partial charge in [0.1, 0.15) is 6.61 Å². The van der Waals surface area contributed by atoms with Crippen molar-refractivity contribution in [3.05, 3.63) is 24.3 Å². The second-order valence-corrected chi connectivity index (χ2v) is 20.1. The van der Waals surface area contributed by atoms with E-state index in [0.29, 0.717) is 12.8 Å². The first-order chi connectivity index (χ1) is 32.1. The lowest BCUT2D eigenvalue weighted by atomic mass is 10.0. The number of hydrogen-bond donors (Lipinski definition) is 1. The molecular weight excluding hydrogens is 801 g/mol. The van der Waals surface area contributed by atoms with Crippen LogP contribution < -0.4 is 0 Å². The van der Waals surface area contributed by atoms with Gasteiger partial charge in [-0.25, -0.2) is 0 Å². The number of unbranched alkanes of at least 4 members (excludes halogenated alkanes) is 43. The Balaban J connectivity index is 3.36. The van der Waals surface area contributed by atoms with Crippen LogP contribution >= 0.6 is 0 Å². The lowest BCUT2D eigenvalue weighted by molar-refractivity contribution is -0.161. The van der Waals surface area contributed by atoms with Crippen LogP contribution in [0, 0.1) is 0 Å². The zero-order valence-electron chi connectivity index (χ0n) is 44.0. The summed E-state index contributed by atoms with van der Waals surface area (Å²) in [6, 6.07) is 0. The SMILES string of the molecule is CCCCCCC/C=C\C/C=C\CCCCCCCCCCCCCCCCCCCCCCCCCCCC(=O)OC(CO)COC(=O)CCCCCCCCCCCCCCCC. The summed E-state index contributed by atoms with van der Waals surface area (Å²) in [6.07, 6.45) is 71.8. The minimum Gasteiger partial charge on any atom is -0.462 e. The van der Waals surface area contributed by atoms with Gasteiger partial charge in [0.05, 0.1) is 6.61 Å². The summed E-state index contributed by atoms with van der Waals surface area (Å²) in [5.74, 6) is -0.570. The van der Waals surface area contributed by atoms with Crippen molar-refractivity contribution in [2.45, 2.75) is 335 Å². The van der Waals surface area contributed by atoms with Crippen molar-refractivity contribution >= 4 is 11.9 Å². The topological polar surface area (TPSA) is 72.8 Å². The first-order valence-corrected chi connectivity index (χ1v) is 29.4. The highest BCUT2D eigenvalue weighted by Gasteiger charge is 2.16. The molecule has 0 rings (SSSR count). The maximum atomic E-state index is 12.3. The molecule has 0 aliphatic carbocycles. The zero-order chi connectivity index (χ0) is 47.0. The van der Waals surface area contributed by atoms with Crippen LogP contribution in [0.3, 0.4) is 0 Å². The van der Waals surface area contributed by atoms with Gasteiger partial charge in [0, 0.05) is 12.8 Å². The van der Waals surface area contributed by atoms with E-state index in [0.717, 1.165) is 38.5 Å². The number of carbonyl (C=O) groups is 2. The first kappa shape index (κ1) is 63.4. The van der Waals surface area contributed by atoms with Gasteiger partial charge in [0.25, 0.3) is 0 Å². The van der Waals surface area contributed by atoms with Crippen LogP contribution in [0.15, 0.2) is 24.3 Å². The van der Waals surface area contributed by atoms with Crippen LogP contribution in [0.2, 0.25) is 0 Å². The fourth-order valence-corrected chi connectivity index (χ4v) is 9.06. The van der Waals surface area contributed by atoms with Crippen LogP contribution in [-0.4, -0.2) is 36.4 Å². The molecule has 0 bridgehead atoms.